The standard InChI is InChI=1S/C8H11N5O/c1-4-3-5-6(13(2)12-4)10-8(9)11-7(5)14/h3H2,1-2H3,(H3,9,10,11,14). The third-order valence-electron chi connectivity index (χ3n) is 2.07. The Morgan fingerprint density at radius 3 is 3.00 bits per heavy atom. The molecule has 0 unspecified atom stereocenters. The summed E-state index contributed by atoms with van der Waals surface area (Å²) in [4.78, 5) is 18.0. The van der Waals surface area contributed by atoms with Gasteiger partial charge in [0.2, 0.25) is 5.95 Å². The molecule has 3 N–H and O–H groups in total. The van der Waals surface area contributed by atoms with Crippen LogP contribution in [0.4, 0.5) is 11.8 Å². The minimum absolute atomic E-state index is 0.121. The van der Waals surface area contributed by atoms with E-state index in [1.807, 2.05) is 6.92 Å². The van der Waals surface area contributed by atoms with Crippen LogP contribution in [0.5, 0.6) is 0 Å². The summed E-state index contributed by atoms with van der Waals surface area (Å²) in [6.45, 7) is 1.87. The van der Waals surface area contributed by atoms with E-state index in [1.165, 1.54) is 0 Å². The smallest absolute Gasteiger partial charge is 0.258 e. The zero-order chi connectivity index (χ0) is 10.3. The van der Waals surface area contributed by atoms with Crippen LogP contribution in [0.3, 0.4) is 0 Å². The second-order valence-corrected chi connectivity index (χ2v) is 3.29. The number of anilines is 2. The fraction of sp³-hybridized carbons (Fsp3) is 0.375. The highest BCUT2D eigenvalue weighted by Crippen LogP contribution is 2.19. The molecule has 0 amide bonds. The topological polar surface area (TPSA) is 87.4 Å². The van der Waals surface area contributed by atoms with Gasteiger partial charge in [0.1, 0.15) is 0 Å². The summed E-state index contributed by atoms with van der Waals surface area (Å²) in [5.74, 6) is 0.659. The highest BCUT2D eigenvalue weighted by Gasteiger charge is 2.19. The van der Waals surface area contributed by atoms with Crippen LogP contribution >= 0.6 is 0 Å². The number of aromatic nitrogens is 2. The lowest BCUT2D eigenvalue weighted by Crippen LogP contribution is -2.29. The van der Waals surface area contributed by atoms with Crippen molar-refractivity contribution in [3.63, 3.8) is 0 Å². The third-order valence-corrected chi connectivity index (χ3v) is 2.07. The predicted octanol–water partition coefficient (Wildman–Crippen LogP) is -0.280. The van der Waals surface area contributed by atoms with Gasteiger partial charge in [-0.2, -0.15) is 10.1 Å². The molecule has 6 heteroatoms. The summed E-state index contributed by atoms with van der Waals surface area (Å²) < 4.78 is 0. The van der Waals surface area contributed by atoms with Crippen LogP contribution in [0.25, 0.3) is 0 Å². The number of fused-ring (bicyclic) bond motifs is 1. The summed E-state index contributed by atoms with van der Waals surface area (Å²) in [5.41, 5.74) is 6.76. The summed E-state index contributed by atoms with van der Waals surface area (Å²) in [5, 5.41) is 5.75. The number of nitrogens with zero attached hydrogens (tertiary/aromatic N) is 3. The summed E-state index contributed by atoms with van der Waals surface area (Å²) in [6.07, 6.45) is 0.530. The molecule has 0 saturated carbocycles. The number of nitrogens with two attached hydrogens (primary N) is 1. The highest BCUT2D eigenvalue weighted by atomic mass is 16.1. The van der Waals surface area contributed by atoms with Gasteiger partial charge in [0.15, 0.2) is 5.82 Å². The Bertz CT molecular complexity index is 461. The number of hydrogen-bond acceptors (Lipinski definition) is 5. The lowest BCUT2D eigenvalue weighted by atomic mass is 10.1. The van der Waals surface area contributed by atoms with Crippen LogP contribution in [0.15, 0.2) is 9.90 Å². The molecule has 1 aromatic rings. The van der Waals surface area contributed by atoms with E-state index in [-0.39, 0.29) is 11.5 Å². The average Bonchev–Trinajstić information content (AvgIpc) is 2.07. The normalized spacial score (nSPS) is 15.0. The van der Waals surface area contributed by atoms with Gasteiger partial charge in [-0.3, -0.25) is 14.8 Å². The molecule has 2 rings (SSSR count). The molecule has 6 nitrogen and oxygen atoms in total. The molecular formula is C8H11N5O. The number of hydrogen-bond donors (Lipinski definition) is 2. The van der Waals surface area contributed by atoms with Gasteiger partial charge in [-0.25, -0.2) is 0 Å². The maximum absolute atomic E-state index is 11.5. The number of nitrogens with one attached hydrogen (secondary N) is 1. The lowest BCUT2D eigenvalue weighted by molar-refractivity contribution is 0.900. The molecule has 2 heterocycles. The van der Waals surface area contributed by atoms with Gasteiger partial charge in [-0.1, -0.05) is 0 Å². The van der Waals surface area contributed by atoms with Gasteiger partial charge >= 0.3 is 0 Å². The fourth-order valence-corrected chi connectivity index (χ4v) is 1.52. The average molecular weight is 193 g/mol. The van der Waals surface area contributed by atoms with E-state index >= 15 is 0 Å². The van der Waals surface area contributed by atoms with Crippen LogP contribution in [0.1, 0.15) is 12.5 Å². The number of rotatable bonds is 0. The first-order valence-corrected chi connectivity index (χ1v) is 4.24. The Hall–Kier alpha value is -1.85. The molecule has 14 heavy (non-hydrogen) atoms. The third kappa shape index (κ3) is 1.24. The van der Waals surface area contributed by atoms with Crippen LogP contribution in [-0.2, 0) is 6.42 Å². The van der Waals surface area contributed by atoms with Gasteiger partial charge in [-0.15, -0.1) is 0 Å². The number of hydrazone groups is 1. The second kappa shape index (κ2) is 2.83. The maximum Gasteiger partial charge on any atom is 0.258 e. The summed E-state index contributed by atoms with van der Waals surface area (Å²) in [7, 11) is 1.74. The van der Waals surface area contributed by atoms with Gasteiger partial charge in [0.05, 0.1) is 5.56 Å². The quantitative estimate of drug-likeness (QED) is 0.593. The van der Waals surface area contributed by atoms with Gasteiger partial charge < -0.3 is 5.73 Å². The summed E-state index contributed by atoms with van der Waals surface area (Å²) >= 11 is 0. The molecule has 0 spiro atoms. The van der Waals surface area contributed by atoms with Gasteiger partial charge in [0.25, 0.3) is 5.56 Å². The Kier molecular flexibility index (Phi) is 1.77. The molecule has 1 aliphatic heterocycles. The molecule has 0 atom stereocenters. The van der Waals surface area contributed by atoms with E-state index in [0.717, 1.165) is 5.71 Å². The van der Waals surface area contributed by atoms with Crippen molar-refractivity contribution in [1.29, 1.82) is 0 Å². The Morgan fingerprint density at radius 1 is 1.57 bits per heavy atom. The van der Waals surface area contributed by atoms with Crippen LogP contribution in [-0.4, -0.2) is 22.7 Å². The van der Waals surface area contributed by atoms with Crippen molar-refractivity contribution in [3.8, 4) is 0 Å². The first-order chi connectivity index (χ1) is 6.58. The predicted molar refractivity (Wildman–Crippen MR) is 54.5 cm³/mol. The van der Waals surface area contributed by atoms with Gasteiger partial charge in [0, 0.05) is 19.2 Å². The second-order valence-electron chi connectivity index (χ2n) is 3.29. The van der Waals surface area contributed by atoms with Crippen molar-refractivity contribution >= 4 is 17.5 Å². The van der Waals surface area contributed by atoms with Crippen molar-refractivity contribution in [2.45, 2.75) is 13.3 Å². The van der Waals surface area contributed by atoms with Gasteiger partial charge in [-0.05, 0) is 6.92 Å². The highest BCUT2D eigenvalue weighted by molar-refractivity contribution is 5.88. The zero-order valence-corrected chi connectivity index (χ0v) is 8.03. The molecular weight excluding hydrogens is 182 g/mol. The molecule has 0 bridgehead atoms. The Morgan fingerprint density at radius 2 is 2.29 bits per heavy atom. The molecule has 0 radical (unpaired) electrons. The van der Waals surface area contributed by atoms with Crippen molar-refractivity contribution < 1.29 is 0 Å². The zero-order valence-electron chi connectivity index (χ0n) is 8.03. The molecule has 0 fully saturated rings. The van der Waals surface area contributed by atoms with Crippen molar-refractivity contribution in [2.75, 3.05) is 17.8 Å². The van der Waals surface area contributed by atoms with Crippen LogP contribution in [0, 0.1) is 0 Å². The molecule has 1 aromatic heterocycles. The van der Waals surface area contributed by atoms with Crippen LogP contribution in [0.2, 0.25) is 0 Å². The van der Waals surface area contributed by atoms with E-state index in [2.05, 4.69) is 15.1 Å². The molecule has 0 saturated heterocycles. The fourth-order valence-electron chi connectivity index (χ4n) is 1.52. The SMILES string of the molecule is CC1=NN(C)c2nc(N)[nH]c(=O)c2C1. The number of aromatic amines is 1. The van der Waals surface area contributed by atoms with E-state index in [0.29, 0.717) is 17.8 Å². The largest absolute Gasteiger partial charge is 0.369 e. The summed E-state index contributed by atoms with van der Waals surface area (Å²) in [6, 6.07) is 0. The van der Waals surface area contributed by atoms with Crippen molar-refractivity contribution in [1.82, 2.24) is 9.97 Å². The minimum Gasteiger partial charge on any atom is -0.369 e. The molecule has 1 aliphatic rings. The Labute approximate surface area is 80.5 Å². The monoisotopic (exact) mass is 193 g/mol. The first-order valence-electron chi connectivity index (χ1n) is 4.24. The minimum atomic E-state index is -0.186. The van der Waals surface area contributed by atoms with E-state index in [4.69, 9.17) is 5.73 Å². The number of H-pyrrole nitrogens is 1. The molecule has 0 aromatic carbocycles. The van der Waals surface area contributed by atoms with Crippen molar-refractivity contribution in [3.05, 3.63) is 15.9 Å². The van der Waals surface area contributed by atoms with Crippen molar-refractivity contribution in [2.24, 2.45) is 5.10 Å². The Balaban J connectivity index is 2.65. The lowest BCUT2D eigenvalue weighted by Gasteiger charge is -2.21. The molecule has 74 valence electrons. The maximum atomic E-state index is 11.5. The molecule has 0 aliphatic carbocycles. The van der Waals surface area contributed by atoms with E-state index in [1.54, 1.807) is 12.1 Å². The van der Waals surface area contributed by atoms with E-state index in [9.17, 15) is 4.79 Å². The van der Waals surface area contributed by atoms with E-state index < -0.39 is 0 Å². The number of nitrogen functional groups attached to an aromatic ring is 1. The van der Waals surface area contributed by atoms with Crippen LogP contribution < -0.4 is 16.3 Å². The first kappa shape index (κ1) is 8.74.